The monoisotopic (exact) mass is 346 g/mol. The number of nitrogens with one attached hydrogen (secondary N) is 1. The van der Waals surface area contributed by atoms with Crippen molar-refractivity contribution in [1.82, 2.24) is 10.5 Å². The van der Waals surface area contributed by atoms with E-state index in [9.17, 15) is 26.3 Å². The lowest BCUT2D eigenvalue weighted by Crippen LogP contribution is -2.49. The Balaban J connectivity index is 0.000000322. The van der Waals surface area contributed by atoms with E-state index in [0.717, 1.165) is 19.2 Å². The number of aromatic nitrogens is 1. The Morgan fingerprint density at radius 1 is 1.35 bits per heavy atom. The van der Waals surface area contributed by atoms with Crippen molar-refractivity contribution in [2.24, 2.45) is 5.41 Å². The molecule has 0 unspecified atom stereocenters. The normalized spacial score (nSPS) is 17.3. The van der Waals surface area contributed by atoms with Crippen molar-refractivity contribution in [3.8, 4) is 0 Å². The molecule has 130 valence electrons. The summed E-state index contributed by atoms with van der Waals surface area (Å²) in [7, 11) is 0. The van der Waals surface area contributed by atoms with Crippen LogP contribution in [0, 0.1) is 5.41 Å². The fourth-order valence-corrected chi connectivity index (χ4v) is 1.42. The highest BCUT2D eigenvalue weighted by Gasteiger charge is 2.38. The molecule has 11 heteroatoms. The highest BCUT2D eigenvalue weighted by atomic mass is 19.4. The summed E-state index contributed by atoms with van der Waals surface area (Å²) in [6, 6.07) is 0.895. The summed E-state index contributed by atoms with van der Waals surface area (Å²) < 4.78 is 72.5. The maximum atomic E-state index is 12.2. The molecule has 0 radical (unpaired) electrons. The van der Waals surface area contributed by atoms with Gasteiger partial charge < -0.3 is 14.9 Å². The fraction of sp³-hybridized carbons (Fsp3) is 0.500. The van der Waals surface area contributed by atoms with Crippen LogP contribution in [0.3, 0.4) is 0 Å². The molecule has 0 saturated carbocycles. The summed E-state index contributed by atoms with van der Waals surface area (Å²) in [6.45, 7) is 3.67. The smallest absolute Gasteiger partial charge is 0.475 e. The number of rotatable bonds is 2. The summed E-state index contributed by atoms with van der Waals surface area (Å²) in [6.07, 6.45) is -6.15. The largest absolute Gasteiger partial charge is 0.490 e. The van der Waals surface area contributed by atoms with E-state index in [1.165, 1.54) is 0 Å². The van der Waals surface area contributed by atoms with E-state index in [2.05, 4.69) is 15.0 Å². The van der Waals surface area contributed by atoms with Crippen molar-refractivity contribution >= 4 is 12.0 Å². The second kappa shape index (κ2) is 6.60. The average molecular weight is 346 g/mol. The summed E-state index contributed by atoms with van der Waals surface area (Å²) in [5.41, 5.74) is 0.206. The summed E-state index contributed by atoms with van der Waals surface area (Å²) >= 11 is 0. The van der Waals surface area contributed by atoms with Crippen molar-refractivity contribution < 1.29 is 40.8 Å². The first-order valence-electron chi connectivity index (χ1n) is 6.07. The van der Waals surface area contributed by atoms with Crippen LogP contribution in [0.5, 0.6) is 0 Å². The standard InChI is InChI=1S/C10H11F3N2O.C2HF3O2/c1-9(5-14-6-9)3-2-7-4-8(16-15-7)10(11,12)13;3-2(4,5)1(6)7/h2-4,14H,5-6H2,1H3;(H,6,7). The Labute approximate surface area is 125 Å². The van der Waals surface area contributed by atoms with Gasteiger partial charge in [-0.2, -0.15) is 26.3 Å². The van der Waals surface area contributed by atoms with Gasteiger partial charge in [0.25, 0.3) is 0 Å². The minimum absolute atomic E-state index is 0.0113. The Morgan fingerprint density at radius 3 is 2.17 bits per heavy atom. The van der Waals surface area contributed by atoms with Gasteiger partial charge in [0.1, 0.15) is 5.69 Å². The van der Waals surface area contributed by atoms with Gasteiger partial charge in [-0.25, -0.2) is 4.79 Å². The summed E-state index contributed by atoms with van der Waals surface area (Å²) in [5.74, 6) is -3.82. The minimum atomic E-state index is -5.08. The van der Waals surface area contributed by atoms with Gasteiger partial charge in [-0.05, 0) is 6.08 Å². The second-order valence-electron chi connectivity index (χ2n) is 5.01. The van der Waals surface area contributed by atoms with Crippen LogP contribution in [0.15, 0.2) is 16.7 Å². The van der Waals surface area contributed by atoms with Gasteiger partial charge in [-0.15, -0.1) is 0 Å². The maximum absolute atomic E-state index is 12.2. The van der Waals surface area contributed by atoms with E-state index in [0.29, 0.717) is 0 Å². The van der Waals surface area contributed by atoms with Gasteiger partial charge in [0.2, 0.25) is 5.76 Å². The molecular formula is C12H12F6N2O3. The predicted octanol–water partition coefficient (Wildman–Crippen LogP) is 2.95. The quantitative estimate of drug-likeness (QED) is 0.806. The summed E-state index contributed by atoms with van der Waals surface area (Å²) in [5, 5.41) is 13.6. The zero-order chi connectivity index (χ0) is 17.9. The van der Waals surface area contributed by atoms with Crippen molar-refractivity contribution in [3.63, 3.8) is 0 Å². The van der Waals surface area contributed by atoms with Gasteiger partial charge in [0.15, 0.2) is 0 Å². The molecule has 0 spiro atoms. The van der Waals surface area contributed by atoms with Crippen molar-refractivity contribution in [2.45, 2.75) is 19.3 Å². The zero-order valence-corrected chi connectivity index (χ0v) is 11.6. The van der Waals surface area contributed by atoms with Crippen molar-refractivity contribution in [2.75, 3.05) is 13.1 Å². The number of alkyl halides is 6. The van der Waals surface area contributed by atoms with Crippen LogP contribution in [-0.4, -0.2) is 35.5 Å². The number of nitrogens with zero attached hydrogens (tertiary/aromatic N) is 1. The van der Waals surface area contributed by atoms with E-state index in [4.69, 9.17) is 9.90 Å². The van der Waals surface area contributed by atoms with Crippen LogP contribution in [0.25, 0.3) is 6.08 Å². The molecule has 1 fully saturated rings. The van der Waals surface area contributed by atoms with E-state index in [1.807, 2.05) is 13.0 Å². The van der Waals surface area contributed by atoms with Gasteiger partial charge in [-0.3, -0.25) is 0 Å². The Morgan fingerprint density at radius 2 is 1.87 bits per heavy atom. The first-order chi connectivity index (χ1) is 10.3. The molecule has 2 rings (SSSR count). The lowest BCUT2D eigenvalue weighted by Gasteiger charge is -2.36. The Hall–Kier alpha value is -2.04. The molecule has 1 aromatic rings. The molecule has 0 atom stereocenters. The lowest BCUT2D eigenvalue weighted by molar-refractivity contribution is -0.192. The van der Waals surface area contributed by atoms with Crippen LogP contribution in [0.4, 0.5) is 26.3 Å². The lowest BCUT2D eigenvalue weighted by atomic mass is 9.84. The second-order valence-corrected chi connectivity index (χ2v) is 5.01. The third-order valence-electron chi connectivity index (χ3n) is 2.76. The minimum Gasteiger partial charge on any atom is -0.475 e. The molecule has 2 N–H and O–H groups in total. The van der Waals surface area contributed by atoms with E-state index < -0.39 is 24.1 Å². The van der Waals surface area contributed by atoms with Crippen LogP contribution in [0.2, 0.25) is 0 Å². The van der Waals surface area contributed by atoms with Gasteiger partial charge >= 0.3 is 18.3 Å². The topological polar surface area (TPSA) is 75.4 Å². The highest BCUT2D eigenvalue weighted by Crippen LogP contribution is 2.30. The SMILES string of the molecule is CC1(C=Cc2cc(C(F)(F)F)on2)CNC1.O=C(O)C(F)(F)F. The van der Waals surface area contributed by atoms with Gasteiger partial charge in [-0.1, -0.05) is 18.2 Å². The van der Waals surface area contributed by atoms with Crippen LogP contribution >= 0.6 is 0 Å². The predicted molar refractivity (Wildman–Crippen MR) is 65.2 cm³/mol. The number of hydrogen-bond acceptors (Lipinski definition) is 4. The molecule has 0 amide bonds. The van der Waals surface area contributed by atoms with Crippen LogP contribution in [-0.2, 0) is 11.0 Å². The van der Waals surface area contributed by atoms with Crippen LogP contribution < -0.4 is 5.32 Å². The fourth-order valence-electron chi connectivity index (χ4n) is 1.42. The number of carboxylic acids is 1. The molecule has 0 aromatic carbocycles. The Kier molecular flexibility index (Phi) is 5.46. The van der Waals surface area contributed by atoms with Crippen LogP contribution in [0.1, 0.15) is 18.4 Å². The van der Waals surface area contributed by atoms with E-state index in [1.54, 1.807) is 6.08 Å². The number of halogens is 6. The number of aliphatic carboxylic acids is 1. The molecule has 23 heavy (non-hydrogen) atoms. The van der Waals surface area contributed by atoms with Crippen molar-refractivity contribution in [3.05, 3.63) is 23.6 Å². The number of carboxylic acid groups (broad SMARTS) is 1. The third kappa shape index (κ3) is 5.93. The molecule has 2 heterocycles. The molecule has 0 aliphatic carbocycles. The molecule has 1 aliphatic rings. The number of hydrogen-bond donors (Lipinski definition) is 2. The summed E-state index contributed by atoms with van der Waals surface area (Å²) in [4.78, 5) is 8.90. The Bertz CT molecular complexity index is 572. The van der Waals surface area contributed by atoms with E-state index >= 15 is 0 Å². The molecule has 1 aromatic heterocycles. The third-order valence-corrected chi connectivity index (χ3v) is 2.76. The molecule has 5 nitrogen and oxygen atoms in total. The molecule has 1 aliphatic heterocycles. The molecule has 0 bridgehead atoms. The number of carbonyl (C=O) groups is 1. The van der Waals surface area contributed by atoms with Gasteiger partial charge in [0, 0.05) is 24.6 Å². The first kappa shape index (κ1) is 19.0. The van der Waals surface area contributed by atoms with Gasteiger partial charge in [0.05, 0.1) is 0 Å². The highest BCUT2D eigenvalue weighted by molar-refractivity contribution is 5.73. The van der Waals surface area contributed by atoms with Crippen molar-refractivity contribution in [1.29, 1.82) is 0 Å². The maximum Gasteiger partial charge on any atom is 0.490 e. The zero-order valence-electron chi connectivity index (χ0n) is 11.6. The average Bonchev–Trinajstić information content (AvgIpc) is 2.82. The molecule has 1 saturated heterocycles. The molecular weight excluding hydrogens is 334 g/mol. The first-order valence-corrected chi connectivity index (χ1v) is 6.07. The van der Waals surface area contributed by atoms with E-state index in [-0.39, 0.29) is 11.1 Å².